The predicted octanol–water partition coefficient (Wildman–Crippen LogP) is 3.93. The minimum absolute atomic E-state index is 0.186. The average Bonchev–Trinajstić information content (AvgIpc) is 3.03. The monoisotopic (exact) mass is 422 g/mol. The normalized spacial score (nSPS) is 18.9. The molecule has 2 aromatic rings. The van der Waals surface area contributed by atoms with Gasteiger partial charge in [0.15, 0.2) is 0 Å². The Bertz CT molecular complexity index is 1020. The van der Waals surface area contributed by atoms with E-state index in [4.69, 9.17) is 17.3 Å². The minimum Gasteiger partial charge on any atom is -0.404 e. The number of nitrogens with zero attached hydrogens (tertiary/aromatic N) is 3. The Morgan fingerprint density at radius 1 is 1.27 bits per heavy atom. The topological polar surface area (TPSA) is 68.9 Å². The second-order valence-electron chi connectivity index (χ2n) is 7.57. The van der Waals surface area contributed by atoms with E-state index < -0.39 is 0 Å². The Morgan fingerprint density at radius 2 is 2.03 bits per heavy atom. The second kappa shape index (κ2) is 8.42. The van der Waals surface area contributed by atoms with E-state index in [9.17, 15) is 0 Å². The lowest BCUT2D eigenvalue weighted by molar-refractivity contribution is 0.278. The highest BCUT2D eigenvalue weighted by atomic mass is 35.5. The maximum atomic E-state index is 6.11. The van der Waals surface area contributed by atoms with Gasteiger partial charge < -0.3 is 16.1 Å². The van der Waals surface area contributed by atoms with E-state index in [1.807, 2.05) is 12.1 Å². The van der Waals surface area contributed by atoms with Crippen LogP contribution >= 0.6 is 11.6 Å². The number of hydrogen-bond donors (Lipinski definition) is 3. The third-order valence-electron chi connectivity index (χ3n) is 5.78. The molecule has 0 aliphatic carbocycles. The van der Waals surface area contributed by atoms with Crippen molar-refractivity contribution in [3.63, 3.8) is 0 Å². The van der Waals surface area contributed by atoms with Crippen molar-refractivity contribution in [2.45, 2.75) is 19.4 Å². The fraction of sp³-hybridized carbons (Fsp3) is 0.261. The van der Waals surface area contributed by atoms with E-state index in [0.717, 1.165) is 40.5 Å². The highest BCUT2D eigenvalue weighted by Crippen LogP contribution is 2.40. The second-order valence-corrected chi connectivity index (χ2v) is 8.00. The Labute approximate surface area is 182 Å². The minimum atomic E-state index is 0.186. The van der Waals surface area contributed by atoms with Gasteiger partial charge in [-0.1, -0.05) is 23.7 Å². The lowest BCUT2D eigenvalue weighted by Crippen LogP contribution is -2.38. The molecule has 4 N–H and O–H groups in total. The van der Waals surface area contributed by atoms with Gasteiger partial charge in [0.05, 0.1) is 17.4 Å². The molecular formula is C23H27ClN6. The van der Waals surface area contributed by atoms with Crippen LogP contribution in [-0.4, -0.2) is 31.9 Å². The molecule has 0 bridgehead atoms. The molecule has 2 aliphatic heterocycles. The molecule has 0 aromatic heterocycles. The number of anilines is 1. The van der Waals surface area contributed by atoms with Crippen LogP contribution in [0.25, 0.3) is 11.3 Å². The van der Waals surface area contributed by atoms with E-state index >= 15 is 0 Å². The van der Waals surface area contributed by atoms with Gasteiger partial charge in [-0.2, -0.15) is 0 Å². The fourth-order valence-corrected chi connectivity index (χ4v) is 4.36. The Kier molecular flexibility index (Phi) is 5.70. The smallest absolute Gasteiger partial charge is 0.0814 e. The lowest BCUT2D eigenvalue weighted by atomic mass is 9.92. The van der Waals surface area contributed by atoms with Gasteiger partial charge in [-0.25, -0.2) is 0 Å². The van der Waals surface area contributed by atoms with Crippen molar-refractivity contribution in [3.8, 4) is 0 Å². The van der Waals surface area contributed by atoms with Gasteiger partial charge in [0.1, 0.15) is 0 Å². The number of nitrogens with two attached hydrogens (primary N) is 1. The molecule has 0 saturated heterocycles. The molecule has 2 aromatic carbocycles. The van der Waals surface area contributed by atoms with Crippen molar-refractivity contribution in [2.24, 2.45) is 10.7 Å². The first-order valence-corrected chi connectivity index (χ1v) is 10.4. The summed E-state index contributed by atoms with van der Waals surface area (Å²) in [5, 5.41) is 2.93. The molecule has 2 heterocycles. The van der Waals surface area contributed by atoms with Gasteiger partial charge in [-0.3, -0.25) is 10.0 Å². The number of fused-ring (bicyclic) bond motifs is 3. The standard InChI is InChI=1S/C23H27ClN6/c1-15-23-20-9-4-16(17(13-25)14-26-2)12-21(20)22(10-11-30(23)28-27-15)29(3)19-7-5-18(24)6-8-19/h4-9,12-14,22,27-28H,10-11,25H2,1-3H3. The van der Waals surface area contributed by atoms with Crippen molar-refractivity contribution >= 4 is 34.8 Å². The summed E-state index contributed by atoms with van der Waals surface area (Å²) in [7, 11) is 3.90. The number of hydrazine groups is 2. The number of aliphatic imine (C=N–C) groups is 1. The van der Waals surface area contributed by atoms with Crippen LogP contribution < -0.4 is 21.6 Å². The zero-order valence-electron chi connectivity index (χ0n) is 17.5. The lowest BCUT2D eigenvalue weighted by Gasteiger charge is -2.31. The number of benzene rings is 2. The zero-order valence-corrected chi connectivity index (χ0v) is 18.2. The van der Waals surface area contributed by atoms with E-state index in [2.05, 4.69) is 70.2 Å². The molecule has 0 radical (unpaired) electrons. The third-order valence-corrected chi connectivity index (χ3v) is 6.03. The SMILES string of the molecule is CN=CC(=CN)c1ccc2c(c1)C(N(C)c1ccc(Cl)cc1)CCN1NNC(C)=C21. The summed E-state index contributed by atoms with van der Waals surface area (Å²) in [6.45, 7) is 2.97. The molecule has 6 nitrogen and oxygen atoms in total. The first-order valence-electron chi connectivity index (χ1n) is 10.0. The number of allylic oxidation sites excluding steroid dienone is 2. The predicted molar refractivity (Wildman–Crippen MR) is 126 cm³/mol. The number of halogens is 1. The molecular weight excluding hydrogens is 396 g/mol. The van der Waals surface area contributed by atoms with E-state index in [0.29, 0.717) is 0 Å². The highest BCUT2D eigenvalue weighted by molar-refractivity contribution is 6.30. The number of rotatable bonds is 4. The molecule has 2 aliphatic rings. The van der Waals surface area contributed by atoms with Crippen molar-refractivity contribution in [1.82, 2.24) is 16.0 Å². The summed E-state index contributed by atoms with van der Waals surface area (Å²) in [5.74, 6) is 0. The molecule has 7 heteroatoms. The average molecular weight is 423 g/mol. The van der Waals surface area contributed by atoms with Crippen molar-refractivity contribution in [3.05, 3.63) is 76.1 Å². The summed E-state index contributed by atoms with van der Waals surface area (Å²) in [5.41, 5.74) is 20.3. The van der Waals surface area contributed by atoms with Crippen LogP contribution in [0.15, 0.2) is 59.4 Å². The van der Waals surface area contributed by atoms with Crippen molar-refractivity contribution in [2.75, 3.05) is 25.5 Å². The van der Waals surface area contributed by atoms with Gasteiger partial charge in [-0.05, 0) is 54.8 Å². The molecule has 0 fully saturated rings. The van der Waals surface area contributed by atoms with E-state index in [-0.39, 0.29) is 6.04 Å². The zero-order chi connectivity index (χ0) is 21.3. The summed E-state index contributed by atoms with van der Waals surface area (Å²) in [6, 6.07) is 14.7. The fourth-order valence-electron chi connectivity index (χ4n) is 4.24. The molecule has 156 valence electrons. The maximum absolute atomic E-state index is 6.11. The van der Waals surface area contributed by atoms with Gasteiger partial charge in [0.2, 0.25) is 0 Å². The van der Waals surface area contributed by atoms with Gasteiger partial charge in [0, 0.05) is 54.9 Å². The van der Waals surface area contributed by atoms with Gasteiger partial charge in [0.25, 0.3) is 0 Å². The third kappa shape index (κ3) is 3.64. The largest absolute Gasteiger partial charge is 0.404 e. The molecule has 1 atom stereocenters. The summed E-state index contributed by atoms with van der Waals surface area (Å²) in [4.78, 5) is 6.48. The van der Waals surface area contributed by atoms with E-state index in [1.165, 1.54) is 16.8 Å². The highest BCUT2D eigenvalue weighted by Gasteiger charge is 2.32. The Morgan fingerprint density at radius 3 is 2.73 bits per heavy atom. The number of hydrogen-bond acceptors (Lipinski definition) is 6. The maximum Gasteiger partial charge on any atom is 0.0814 e. The van der Waals surface area contributed by atoms with Crippen LogP contribution in [0.4, 0.5) is 5.69 Å². The van der Waals surface area contributed by atoms with Crippen LogP contribution in [-0.2, 0) is 0 Å². The van der Waals surface area contributed by atoms with Crippen molar-refractivity contribution in [1.29, 1.82) is 0 Å². The molecule has 30 heavy (non-hydrogen) atoms. The van der Waals surface area contributed by atoms with Crippen molar-refractivity contribution < 1.29 is 0 Å². The van der Waals surface area contributed by atoms with Gasteiger partial charge in [-0.15, -0.1) is 5.53 Å². The summed E-state index contributed by atoms with van der Waals surface area (Å²) >= 11 is 6.11. The molecule has 0 spiro atoms. The quantitative estimate of drug-likeness (QED) is 0.651. The first-order chi connectivity index (χ1) is 14.5. The molecule has 0 saturated carbocycles. The van der Waals surface area contributed by atoms with E-state index in [1.54, 1.807) is 19.5 Å². The Hall–Kier alpha value is -2.96. The van der Waals surface area contributed by atoms with Crippen LogP contribution in [0.1, 0.15) is 36.1 Å². The number of nitrogens with one attached hydrogen (secondary N) is 2. The molecule has 1 unspecified atom stereocenters. The van der Waals surface area contributed by atoms with Crippen LogP contribution in [0.5, 0.6) is 0 Å². The summed E-state index contributed by atoms with van der Waals surface area (Å²) in [6.07, 6.45) is 4.36. The van der Waals surface area contributed by atoms with Crippen LogP contribution in [0.3, 0.4) is 0 Å². The van der Waals surface area contributed by atoms with Gasteiger partial charge >= 0.3 is 0 Å². The van der Waals surface area contributed by atoms with Crippen LogP contribution in [0, 0.1) is 0 Å². The molecule has 4 rings (SSSR count). The Balaban J connectivity index is 1.85. The first kappa shape index (κ1) is 20.3. The van der Waals surface area contributed by atoms with Crippen LogP contribution in [0.2, 0.25) is 5.02 Å². The molecule has 0 amide bonds. The summed E-state index contributed by atoms with van der Waals surface area (Å²) < 4.78 is 0.